The topological polar surface area (TPSA) is 83.8 Å². The van der Waals surface area contributed by atoms with E-state index >= 15 is 0 Å². The van der Waals surface area contributed by atoms with Gasteiger partial charge in [0, 0.05) is 23.6 Å². The Morgan fingerprint density at radius 3 is 2.34 bits per heavy atom. The average Bonchev–Trinajstić information content (AvgIpc) is 3.34. The number of imidazole rings is 1. The minimum atomic E-state index is -0.958. The number of benzene rings is 2. The van der Waals surface area contributed by atoms with Crippen LogP contribution in [-0.2, 0) is 4.79 Å². The van der Waals surface area contributed by atoms with Crippen LogP contribution in [-0.4, -0.2) is 38.0 Å². The van der Waals surface area contributed by atoms with Crippen molar-refractivity contribution in [3.63, 3.8) is 0 Å². The predicted octanol–water partition coefficient (Wildman–Crippen LogP) is 3.93. The quantitative estimate of drug-likeness (QED) is 0.503. The van der Waals surface area contributed by atoms with E-state index in [1.54, 1.807) is 31.2 Å². The van der Waals surface area contributed by atoms with Gasteiger partial charge in [0.25, 0.3) is 11.8 Å². The van der Waals surface area contributed by atoms with Crippen molar-refractivity contribution in [3.05, 3.63) is 89.7 Å². The number of imide groups is 1. The van der Waals surface area contributed by atoms with Gasteiger partial charge >= 0.3 is 0 Å². The Hall–Kier alpha value is -4.26. The maximum Gasteiger partial charge on any atom is 0.262 e. The van der Waals surface area contributed by atoms with Gasteiger partial charge in [-0.05, 0) is 49.7 Å². The minimum Gasteiger partial charge on any atom is -0.324 e. The Balaban J connectivity index is 1.40. The van der Waals surface area contributed by atoms with Crippen LogP contribution >= 0.6 is 0 Å². The fourth-order valence-electron chi connectivity index (χ4n) is 3.90. The van der Waals surface area contributed by atoms with E-state index in [0.29, 0.717) is 16.8 Å². The summed E-state index contributed by atoms with van der Waals surface area (Å²) in [4.78, 5) is 44.1. The lowest BCUT2D eigenvalue weighted by molar-refractivity contribution is -0.119. The fraction of sp³-hybridized carbons (Fsp3) is 0.120. The van der Waals surface area contributed by atoms with Crippen LogP contribution in [0.1, 0.15) is 33.2 Å². The molecule has 7 nitrogen and oxygen atoms in total. The molecular formula is C25H20N4O3. The van der Waals surface area contributed by atoms with E-state index in [1.807, 2.05) is 60.1 Å². The number of pyridine rings is 1. The standard InChI is InChI=1S/C25H20N4O3/c1-15-10-11-17(21-14-28-12-6-5-9-22(28)26-21)13-20(15)27-23(30)16(2)29-24(31)18-7-3-4-8-19(18)25(29)32/h3-14,16H,1-2H3,(H,27,30)/t16-/m0/s1. The summed E-state index contributed by atoms with van der Waals surface area (Å²) in [6.07, 6.45) is 3.85. The SMILES string of the molecule is Cc1ccc(-c2cn3ccccc3n2)cc1NC(=O)[C@H](C)N1C(=O)c2ccccc2C1=O. The lowest BCUT2D eigenvalue weighted by Gasteiger charge is -2.22. The third-order valence-corrected chi connectivity index (χ3v) is 5.75. The van der Waals surface area contributed by atoms with E-state index in [-0.39, 0.29) is 0 Å². The highest BCUT2D eigenvalue weighted by Gasteiger charge is 2.40. The number of aromatic nitrogens is 2. The van der Waals surface area contributed by atoms with Crippen LogP contribution in [0.25, 0.3) is 16.9 Å². The van der Waals surface area contributed by atoms with Crippen LogP contribution in [0.4, 0.5) is 5.69 Å². The van der Waals surface area contributed by atoms with Crippen LogP contribution in [0.5, 0.6) is 0 Å². The normalized spacial score (nSPS) is 14.0. The number of fused-ring (bicyclic) bond motifs is 2. The third kappa shape index (κ3) is 3.15. The van der Waals surface area contributed by atoms with Crippen molar-refractivity contribution >= 4 is 29.1 Å². The van der Waals surface area contributed by atoms with Gasteiger partial charge in [0.1, 0.15) is 11.7 Å². The highest BCUT2D eigenvalue weighted by atomic mass is 16.2. The molecule has 0 fully saturated rings. The van der Waals surface area contributed by atoms with E-state index in [1.165, 1.54) is 0 Å². The molecule has 0 aliphatic carbocycles. The summed E-state index contributed by atoms with van der Waals surface area (Å²) in [5, 5.41) is 2.88. The third-order valence-electron chi connectivity index (χ3n) is 5.75. The number of carbonyl (C=O) groups is 3. The maximum absolute atomic E-state index is 13.0. The number of nitrogens with one attached hydrogen (secondary N) is 1. The van der Waals surface area contributed by atoms with Gasteiger partial charge in [-0.2, -0.15) is 0 Å². The molecule has 0 unspecified atom stereocenters. The molecule has 0 radical (unpaired) electrons. The van der Waals surface area contributed by atoms with Crippen molar-refractivity contribution in [2.45, 2.75) is 19.9 Å². The summed E-state index contributed by atoms with van der Waals surface area (Å²) in [5.74, 6) is -1.35. The zero-order chi connectivity index (χ0) is 22.4. The van der Waals surface area contributed by atoms with Gasteiger partial charge in [-0.3, -0.25) is 19.3 Å². The van der Waals surface area contributed by atoms with E-state index in [9.17, 15) is 14.4 Å². The second-order valence-electron chi connectivity index (χ2n) is 7.81. The van der Waals surface area contributed by atoms with Gasteiger partial charge < -0.3 is 9.72 Å². The van der Waals surface area contributed by atoms with Crippen molar-refractivity contribution in [3.8, 4) is 11.3 Å². The Labute approximate surface area is 184 Å². The molecule has 0 saturated carbocycles. The number of rotatable bonds is 4. The molecule has 158 valence electrons. The zero-order valence-electron chi connectivity index (χ0n) is 17.6. The lowest BCUT2D eigenvalue weighted by Crippen LogP contribution is -2.45. The molecule has 32 heavy (non-hydrogen) atoms. The zero-order valence-corrected chi connectivity index (χ0v) is 17.6. The molecule has 1 aliphatic rings. The number of nitrogens with zero attached hydrogens (tertiary/aromatic N) is 3. The molecule has 0 bridgehead atoms. The van der Waals surface area contributed by atoms with Crippen LogP contribution in [0.15, 0.2) is 73.1 Å². The first-order chi connectivity index (χ1) is 15.4. The van der Waals surface area contributed by atoms with Crippen molar-refractivity contribution < 1.29 is 14.4 Å². The smallest absolute Gasteiger partial charge is 0.262 e. The Morgan fingerprint density at radius 1 is 0.969 bits per heavy atom. The molecule has 0 spiro atoms. The summed E-state index contributed by atoms with van der Waals surface area (Å²) in [7, 11) is 0. The molecule has 4 aromatic rings. The average molecular weight is 424 g/mol. The van der Waals surface area contributed by atoms with Crippen LogP contribution in [0.2, 0.25) is 0 Å². The monoisotopic (exact) mass is 424 g/mol. The van der Waals surface area contributed by atoms with Gasteiger partial charge in [0.15, 0.2) is 0 Å². The van der Waals surface area contributed by atoms with Gasteiger partial charge in [0.2, 0.25) is 5.91 Å². The van der Waals surface area contributed by atoms with Crippen LogP contribution in [0.3, 0.4) is 0 Å². The second-order valence-corrected chi connectivity index (χ2v) is 7.81. The fourth-order valence-corrected chi connectivity index (χ4v) is 3.90. The van der Waals surface area contributed by atoms with E-state index in [0.717, 1.165) is 27.4 Å². The molecule has 2 aromatic heterocycles. The number of anilines is 1. The van der Waals surface area contributed by atoms with Gasteiger partial charge in [0.05, 0.1) is 16.8 Å². The van der Waals surface area contributed by atoms with E-state index < -0.39 is 23.8 Å². The van der Waals surface area contributed by atoms with Crippen molar-refractivity contribution in [2.24, 2.45) is 0 Å². The number of hydrogen-bond acceptors (Lipinski definition) is 4. The van der Waals surface area contributed by atoms with Gasteiger partial charge in [-0.25, -0.2) is 4.98 Å². The lowest BCUT2D eigenvalue weighted by atomic mass is 10.1. The van der Waals surface area contributed by atoms with Crippen LogP contribution in [0, 0.1) is 6.92 Å². The first-order valence-electron chi connectivity index (χ1n) is 10.3. The van der Waals surface area contributed by atoms with E-state index in [2.05, 4.69) is 10.3 Å². The molecular weight excluding hydrogens is 404 g/mol. The Bertz CT molecular complexity index is 1340. The summed E-state index contributed by atoms with van der Waals surface area (Å²) in [6, 6.07) is 17.1. The van der Waals surface area contributed by atoms with Gasteiger partial charge in [-0.1, -0.05) is 30.3 Å². The summed E-state index contributed by atoms with van der Waals surface area (Å²) in [5.41, 5.74) is 4.56. The summed E-state index contributed by atoms with van der Waals surface area (Å²) < 4.78 is 1.93. The molecule has 7 heteroatoms. The molecule has 2 aromatic carbocycles. The Morgan fingerprint density at radius 2 is 1.66 bits per heavy atom. The number of hydrogen-bond donors (Lipinski definition) is 1. The largest absolute Gasteiger partial charge is 0.324 e. The minimum absolute atomic E-state index is 0.321. The highest BCUT2D eigenvalue weighted by molar-refractivity contribution is 6.23. The summed E-state index contributed by atoms with van der Waals surface area (Å²) in [6.45, 7) is 3.44. The molecule has 3 heterocycles. The number of amides is 3. The molecule has 3 amide bonds. The molecule has 1 aliphatic heterocycles. The first kappa shape index (κ1) is 19.7. The molecule has 5 rings (SSSR count). The van der Waals surface area contributed by atoms with Gasteiger partial charge in [-0.15, -0.1) is 0 Å². The second kappa shape index (κ2) is 7.46. The molecule has 1 N–H and O–H groups in total. The first-order valence-corrected chi connectivity index (χ1v) is 10.3. The highest BCUT2D eigenvalue weighted by Crippen LogP contribution is 2.27. The summed E-state index contributed by atoms with van der Waals surface area (Å²) >= 11 is 0. The van der Waals surface area contributed by atoms with Crippen molar-refractivity contribution in [1.29, 1.82) is 0 Å². The maximum atomic E-state index is 13.0. The van der Waals surface area contributed by atoms with Crippen molar-refractivity contribution in [2.75, 3.05) is 5.32 Å². The molecule has 1 atom stereocenters. The van der Waals surface area contributed by atoms with Crippen LogP contribution < -0.4 is 5.32 Å². The Kier molecular flexibility index (Phi) is 4.59. The van der Waals surface area contributed by atoms with Crippen molar-refractivity contribution in [1.82, 2.24) is 14.3 Å². The molecule has 0 saturated heterocycles. The number of carbonyl (C=O) groups excluding carboxylic acids is 3. The predicted molar refractivity (Wildman–Crippen MR) is 120 cm³/mol. The van der Waals surface area contributed by atoms with E-state index in [4.69, 9.17) is 0 Å². The number of aryl methyl sites for hydroxylation is 1.